The zero-order valence-electron chi connectivity index (χ0n) is 14.1. The second-order valence-electron chi connectivity index (χ2n) is 6.56. The second-order valence-corrected chi connectivity index (χ2v) is 7.56. The number of esters is 1. The maximum atomic E-state index is 12.4. The van der Waals surface area contributed by atoms with Crippen LogP contribution in [0.3, 0.4) is 0 Å². The molecular weight excluding hydrogens is 326 g/mol. The summed E-state index contributed by atoms with van der Waals surface area (Å²) in [7, 11) is 2.15. The van der Waals surface area contributed by atoms with Gasteiger partial charge in [0.2, 0.25) is 0 Å². The van der Waals surface area contributed by atoms with Gasteiger partial charge in [-0.25, -0.2) is 4.98 Å². The Bertz CT molecular complexity index is 813. The Balaban J connectivity index is 1.91. The number of carbonyl (C=O) groups excluding carboxylic acids is 2. The molecule has 7 heteroatoms. The van der Waals surface area contributed by atoms with Crippen LogP contribution in [0, 0.1) is 0 Å². The monoisotopic (exact) mass is 348 g/mol. The Morgan fingerprint density at radius 3 is 2.92 bits per heavy atom. The fourth-order valence-corrected chi connectivity index (χ4v) is 3.99. The van der Waals surface area contributed by atoms with E-state index in [0.29, 0.717) is 10.6 Å². The minimum absolute atomic E-state index is 0.238. The number of nitrogens with zero attached hydrogens (tertiary/aromatic N) is 1. The first-order chi connectivity index (χ1) is 11.3. The molecule has 1 unspecified atom stereocenters. The quantitative estimate of drug-likeness (QED) is 0.488. The van der Waals surface area contributed by atoms with Gasteiger partial charge in [-0.2, -0.15) is 0 Å². The number of anilines is 1. The number of thiophene rings is 1. The Morgan fingerprint density at radius 1 is 1.46 bits per heavy atom. The zero-order valence-corrected chi connectivity index (χ0v) is 15.0. The van der Waals surface area contributed by atoms with Crippen molar-refractivity contribution in [2.24, 2.45) is 0 Å². The number of carbonyl (C=O) groups is 2. The van der Waals surface area contributed by atoms with Crippen molar-refractivity contribution >= 4 is 39.0 Å². The van der Waals surface area contributed by atoms with Gasteiger partial charge in [0.15, 0.2) is 5.78 Å². The second kappa shape index (κ2) is 6.49. The van der Waals surface area contributed by atoms with Crippen molar-refractivity contribution in [1.29, 1.82) is 0 Å². The van der Waals surface area contributed by atoms with Crippen molar-refractivity contribution in [3.63, 3.8) is 0 Å². The van der Waals surface area contributed by atoms with E-state index in [-0.39, 0.29) is 18.3 Å². The van der Waals surface area contributed by atoms with Gasteiger partial charge in [-0.15, -0.1) is 11.3 Å². The van der Waals surface area contributed by atoms with Gasteiger partial charge in [0.1, 0.15) is 17.8 Å². The van der Waals surface area contributed by atoms with E-state index in [2.05, 4.69) is 13.1 Å². The summed E-state index contributed by atoms with van der Waals surface area (Å²) < 4.78 is 5.04. The lowest BCUT2D eigenvalue weighted by molar-refractivity contribution is -0.895. The maximum absolute atomic E-state index is 12.4. The Labute approximate surface area is 144 Å². The van der Waals surface area contributed by atoms with E-state index in [1.807, 2.05) is 0 Å². The molecule has 1 atom stereocenters. The third-order valence-electron chi connectivity index (χ3n) is 4.10. The fourth-order valence-electron chi connectivity index (χ4n) is 2.96. The van der Waals surface area contributed by atoms with Gasteiger partial charge in [-0.1, -0.05) is 0 Å². The Kier molecular flexibility index (Phi) is 4.56. The predicted molar refractivity (Wildman–Crippen MR) is 93.4 cm³/mol. The molecule has 6 nitrogen and oxygen atoms in total. The molecular formula is C17H22N3O3S+. The normalized spacial score (nSPS) is 17.1. The minimum Gasteiger partial charge on any atom is -0.463 e. The van der Waals surface area contributed by atoms with Crippen molar-refractivity contribution in [2.45, 2.75) is 39.3 Å². The molecule has 3 heterocycles. The largest absolute Gasteiger partial charge is 0.463 e. The fraction of sp³-hybridized carbons (Fsp3) is 0.471. The number of aromatic nitrogens is 1. The number of hydrogen-bond donors (Lipinski definition) is 2. The molecule has 1 aliphatic heterocycles. The van der Waals surface area contributed by atoms with Crippen LogP contribution >= 0.6 is 11.3 Å². The molecule has 1 aliphatic rings. The molecule has 0 saturated carbocycles. The van der Waals surface area contributed by atoms with Crippen LogP contribution < -0.4 is 10.6 Å². The molecule has 0 spiro atoms. The SMILES string of the molecule is CC(C)OC(=O)CC(=O)c1sc2nc3c(cc2c1N)C[NH+](C)CC3. The molecule has 2 aromatic rings. The van der Waals surface area contributed by atoms with Crippen LogP contribution in [0.5, 0.6) is 0 Å². The molecule has 0 aromatic carbocycles. The Morgan fingerprint density at radius 2 is 2.21 bits per heavy atom. The number of pyridine rings is 1. The van der Waals surface area contributed by atoms with Gasteiger partial charge in [0.05, 0.1) is 36.0 Å². The number of ketones is 1. The first-order valence-corrected chi connectivity index (χ1v) is 8.91. The number of nitrogens with one attached hydrogen (secondary N) is 1. The van der Waals surface area contributed by atoms with Crippen molar-refractivity contribution in [2.75, 3.05) is 19.3 Å². The van der Waals surface area contributed by atoms with Gasteiger partial charge in [-0.3, -0.25) is 9.59 Å². The summed E-state index contributed by atoms with van der Waals surface area (Å²) in [5.74, 6) is -0.828. The number of quaternary nitrogens is 1. The van der Waals surface area contributed by atoms with Crippen molar-refractivity contribution in [3.8, 4) is 0 Å². The average Bonchev–Trinajstić information content (AvgIpc) is 2.81. The number of rotatable bonds is 4. The molecule has 0 radical (unpaired) electrons. The van der Waals surface area contributed by atoms with E-state index in [4.69, 9.17) is 15.5 Å². The average molecular weight is 348 g/mol. The summed E-state index contributed by atoms with van der Waals surface area (Å²) in [5.41, 5.74) is 8.88. The topological polar surface area (TPSA) is 86.7 Å². The summed E-state index contributed by atoms with van der Waals surface area (Å²) in [5, 5.41) is 0.814. The van der Waals surface area contributed by atoms with Crippen LogP contribution in [0.25, 0.3) is 10.2 Å². The van der Waals surface area contributed by atoms with E-state index >= 15 is 0 Å². The standard InChI is InChI=1S/C17H21N3O3S/c1-9(2)23-14(22)7-13(21)16-15(18)11-6-10-8-20(3)5-4-12(10)19-17(11)24-16/h6,9H,4-5,7-8,18H2,1-3H3/p+1. The summed E-state index contributed by atoms with van der Waals surface area (Å²) in [6.45, 7) is 5.48. The molecule has 128 valence electrons. The van der Waals surface area contributed by atoms with E-state index in [1.165, 1.54) is 21.8 Å². The minimum atomic E-state index is -0.524. The molecule has 24 heavy (non-hydrogen) atoms. The van der Waals surface area contributed by atoms with Gasteiger partial charge >= 0.3 is 5.97 Å². The van der Waals surface area contributed by atoms with E-state index in [1.54, 1.807) is 13.8 Å². The highest BCUT2D eigenvalue weighted by molar-refractivity contribution is 7.21. The van der Waals surface area contributed by atoms with Crippen LogP contribution in [0.1, 0.15) is 41.2 Å². The predicted octanol–water partition coefficient (Wildman–Crippen LogP) is 0.974. The molecule has 2 aromatic heterocycles. The van der Waals surface area contributed by atoms with Gasteiger partial charge in [0.25, 0.3) is 0 Å². The smallest absolute Gasteiger partial charge is 0.313 e. The number of hydrogen-bond acceptors (Lipinski definition) is 6. The number of likely N-dealkylation sites (N-methyl/N-ethyl adjacent to an activating group) is 1. The van der Waals surface area contributed by atoms with Gasteiger partial charge < -0.3 is 15.4 Å². The molecule has 0 amide bonds. The lowest BCUT2D eigenvalue weighted by Gasteiger charge is -2.21. The number of nitrogens with two attached hydrogens (primary N) is 1. The summed E-state index contributed by atoms with van der Waals surface area (Å²) in [6, 6.07) is 2.05. The molecule has 3 rings (SSSR count). The molecule has 0 aliphatic carbocycles. The van der Waals surface area contributed by atoms with Crippen LogP contribution in [0.4, 0.5) is 5.69 Å². The Hall–Kier alpha value is -1.99. The van der Waals surface area contributed by atoms with Crippen LogP contribution in [0.2, 0.25) is 0 Å². The van der Waals surface area contributed by atoms with E-state index in [0.717, 1.165) is 35.4 Å². The number of ether oxygens (including phenoxy) is 1. The first-order valence-electron chi connectivity index (χ1n) is 8.10. The summed E-state index contributed by atoms with van der Waals surface area (Å²) in [6.07, 6.45) is 0.402. The first kappa shape index (κ1) is 16.9. The highest BCUT2D eigenvalue weighted by Gasteiger charge is 2.24. The molecule has 0 bridgehead atoms. The van der Waals surface area contributed by atoms with Gasteiger partial charge in [0, 0.05) is 17.4 Å². The van der Waals surface area contributed by atoms with E-state index < -0.39 is 5.97 Å². The highest BCUT2D eigenvalue weighted by Crippen LogP contribution is 2.35. The molecule has 0 saturated heterocycles. The zero-order chi connectivity index (χ0) is 17.4. The van der Waals surface area contributed by atoms with E-state index in [9.17, 15) is 9.59 Å². The van der Waals surface area contributed by atoms with Gasteiger partial charge in [-0.05, 0) is 19.9 Å². The highest BCUT2D eigenvalue weighted by atomic mass is 32.1. The van der Waals surface area contributed by atoms with Crippen LogP contribution in [-0.2, 0) is 22.5 Å². The summed E-state index contributed by atoms with van der Waals surface area (Å²) >= 11 is 1.27. The van der Waals surface area contributed by atoms with Crippen LogP contribution in [-0.4, -0.2) is 36.4 Å². The third-order valence-corrected chi connectivity index (χ3v) is 5.25. The third kappa shape index (κ3) is 3.27. The number of nitrogen functional groups attached to an aromatic ring is 1. The van der Waals surface area contributed by atoms with Crippen molar-refractivity contribution in [1.82, 2.24) is 4.98 Å². The van der Waals surface area contributed by atoms with Crippen molar-refractivity contribution in [3.05, 3.63) is 22.2 Å². The molecule has 0 fully saturated rings. The maximum Gasteiger partial charge on any atom is 0.313 e. The number of Topliss-reactive ketones (excluding diaryl/α,β-unsaturated/α-hetero) is 1. The lowest BCUT2D eigenvalue weighted by atomic mass is 10.0. The number of fused-ring (bicyclic) bond motifs is 2. The lowest BCUT2D eigenvalue weighted by Crippen LogP contribution is -3.08. The summed E-state index contributed by atoms with van der Waals surface area (Å²) in [4.78, 5) is 31.4. The molecule has 3 N–H and O–H groups in total. The van der Waals surface area contributed by atoms with Crippen molar-refractivity contribution < 1.29 is 19.2 Å². The van der Waals surface area contributed by atoms with Crippen LogP contribution in [0.15, 0.2) is 6.07 Å².